The van der Waals surface area contributed by atoms with Gasteiger partial charge in [0.05, 0.1) is 13.2 Å². The van der Waals surface area contributed by atoms with Crippen molar-refractivity contribution in [3.05, 3.63) is 29.3 Å². The number of rotatable bonds is 1. The first kappa shape index (κ1) is 10.1. The largest absolute Gasteiger partial charge is 0.508 e. The molecule has 1 aromatic rings. The topological polar surface area (TPSA) is 32.7 Å². The van der Waals surface area contributed by atoms with Crippen LogP contribution in [0.3, 0.4) is 0 Å². The van der Waals surface area contributed by atoms with Crippen LogP contribution in [0.5, 0.6) is 5.75 Å². The molecule has 0 saturated carbocycles. The van der Waals surface area contributed by atoms with Crippen molar-refractivity contribution >= 4 is 0 Å². The Kier molecular flexibility index (Phi) is 2.58. The van der Waals surface area contributed by atoms with Crippen LogP contribution >= 0.6 is 0 Å². The standard InChI is InChI=1S/C13H17NO2/c15-11-2-3-12-10(9-11)1-4-13(12)14-5-7-16-8-6-14/h2-3,9,13,15H,1,4-8H2. The maximum absolute atomic E-state index is 9.46. The third kappa shape index (κ3) is 1.70. The van der Waals surface area contributed by atoms with Crippen LogP contribution in [0.15, 0.2) is 18.2 Å². The Hall–Kier alpha value is -1.06. The molecule has 0 bridgehead atoms. The van der Waals surface area contributed by atoms with Crippen molar-refractivity contribution in [2.75, 3.05) is 26.3 Å². The van der Waals surface area contributed by atoms with E-state index in [1.807, 2.05) is 6.07 Å². The van der Waals surface area contributed by atoms with Crippen LogP contribution in [0, 0.1) is 0 Å². The third-order valence-corrected chi connectivity index (χ3v) is 3.66. The highest BCUT2D eigenvalue weighted by Crippen LogP contribution is 2.37. The van der Waals surface area contributed by atoms with Crippen molar-refractivity contribution in [2.24, 2.45) is 0 Å². The summed E-state index contributed by atoms with van der Waals surface area (Å²) in [5, 5.41) is 9.46. The molecule has 0 spiro atoms. The van der Waals surface area contributed by atoms with E-state index >= 15 is 0 Å². The number of nitrogens with zero attached hydrogens (tertiary/aromatic N) is 1. The minimum absolute atomic E-state index is 0.390. The smallest absolute Gasteiger partial charge is 0.115 e. The fraction of sp³-hybridized carbons (Fsp3) is 0.538. The van der Waals surface area contributed by atoms with Gasteiger partial charge >= 0.3 is 0 Å². The van der Waals surface area contributed by atoms with E-state index in [0.717, 1.165) is 32.7 Å². The van der Waals surface area contributed by atoms with Crippen molar-refractivity contribution in [3.8, 4) is 5.75 Å². The van der Waals surface area contributed by atoms with Crippen LogP contribution in [0.4, 0.5) is 0 Å². The zero-order valence-electron chi connectivity index (χ0n) is 9.35. The van der Waals surface area contributed by atoms with Gasteiger partial charge < -0.3 is 9.84 Å². The maximum atomic E-state index is 9.46. The summed E-state index contributed by atoms with van der Waals surface area (Å²) < 4.78 is 5.38. The molecule has 1 saturated heterocycles. The molecular weight excluding hydrogens is 202 g/mol. The molecule has 86 valence electrons. The van der Waals surface area contributed by atoms with Gasteiger partial charge in [0.2, 0.25) is 0 Å². The molecule has 0 aromatic heterocycles. The molecule has 0 amide bonds. The maximum Gasteiger partial charge on any atom is 0.115 e. The highest BCUT2D eigenvalue weighted by Gasteiger charge is 2.28. The summed E-state index contributed by atoms with van der Waals surface area (Å²) in [5.74, 6) is 0.390. The van der Waals surface area contributed by atoms with E-state index in [-0.39, 0.29) is 0 Å². The van der Waals surface area contributed by atoms with E-state index in [1.54, 1.807) is 6.07 Å². The summed E-state index contributed by atoms with van der Waals surface area (Å²) in [7, 11) is 0. The van der Waals surface area contributed by atoms with Gasteiger partial charge in [-0.25, -0.2) is 0 Å². The van der Waals surface area contributed by atoms with Gasteiger partial charge in [-0.05, 0) is 36.1 Å². The predicted octanol–water partition coefficient (Wildman–Crippen LogP) is 1.71. The molecule has 0 radical (unpaired) electrons. The summed E-state index contributed by atoms with van der Waals surface area (Å²) in [6, 6.07) is 6.34. The van der Waals surface area contributed by atoms with Crippen LogP contribution < -0.4 is 0 Å². The van der Waals surface area contributed by atoms with Gasteiger partial charge in [-0.15, -0.1) is 0 Å². The van der Waals surface area contributed by atoms with Gasteiger partial charge in [-0.3, -0.25) is 4.90 Å². The highest BCUT2D eigenvalue weighted by atomic mass is 16.5. The molecule has 1 heterocycles. The fourth-order valence-corrected chi connectivity index (χ4v) is 2.85. The van der Waals surface area contributed by atoms with Gasteiger partial charge in [0.25, 0.3) is 0 Å². The second-order valence-corrected chi connectivity index (χ2v) is 4.59. The van der Waals surface area contributed by atoms with E-state index in [4.69, 9.17) is 4.74 Å². The lowest BCUT2D eigenvalue weighted by atomic mass is 10.1. The fourth-order valence-electron chi connectivity index (χ4n) is 2.85. The van der Waals surface area contributed by atoms with Crippen LogP contribution in [0.25, 0.3) is 0 Å². The summed E-state index contributed by atoms with van der Waals surface area (Å²) in [6.45, 7) is 3.77. The van der Waals surface area contributed by atoms with Crippen molar-refractivity contribution in [1.82, 2.24) is 4.90 Å². The summed E-state index contributed by atoms with van der Waals surface area (Å²) >= 11 is 0. The zero-order chi connectivity index (χ0) is 11.0. The van der Waals surface area contributed by atoms with Gasteiger partial charge in [-0.1, -0.05) is 6.07 Å². The summed E-state index contributed by atoms with van der Waals surface area (Å²) in [6.07, 6.45) is 2.27. The van der Waals surface area contributed by atoms with Crippen molar-refractivity contribution in [2.45, 2.75) is 18.9 Å². The Labute approximate surface area is 95.6 Å². The number of ether oxygens (including phenoxy) is 1. The molecule has 3 nitrogen and oxygen atoms in total. The molecule has 1 atom stereocenters. The lowest BCUT2D eigenvalue weighted by Crippen LogP contribution is -2.38. The van der Waals surface area contributed by atoms with Gasteiger partial charge in [0, 0.05) is 19.1 Å². The van der Waals surface area contributed by atoms with Crippen molar-refractivity contribution < 1.29 is 9.84 Å². The first-order valence-electron chi connectivity index (χ1n) is 5.98. The molecule has 16 heavy (non-hydrogen) atoms. The number of aryl methyl sites for hydroxylation is 1. The SMILES string of the molecule is Oc1ccc2c(c1)CCC2N1CCOCC1. The Morgan fingerprint density at radius 3 is 2.88 bits per heavy atom. The molecule has 1 unspecified atom stereocenters. The van der Waals surface area contributed by atoms with E-state index in [9.17, 15) is 5.11 Å². The average molecular weight is 219 g/mol. The number of fused-ring (bicyclic) bond motifs is 1. The number of phenols is 1. The second kappa shape index (κ2) is 4.07. The van der Waals surface area contributed by atoms with Crippen LogP contribution in [0.1, 0.15) is 23.6 Å². The normalized spacial score (nSPS) is 25.6. The Balaban J connectivity index is 1.84. The summed E-state index contributed by atoms with van der Waals surface area (Å²) in [5.41, 5.74) is 2.72. The summed E-state index contributed by atoms with van der Waals surface area (Å²) in [4.78, 5) is 2.51. The van der Waals surface area contributed by atoms with E-state index in [0.29, 0.717) is 11.8 Å². The average Bonchev–Trinajstić information content (AvgIpc) is 2.73. The molecule has 3 rings (SSSR count). The van der Waals surface area contributed by atoms with Crippen LogP contribution in [0.2, 0.25) is 0 Å². The van der Waals surface area contributed by atoms with Crippen LogP contribution in [-0.2, 0) is 11.2 Å². The molecule has 1 N–H and O–H groups in total. The molecule has 1 aromatic carbocycles. The molecule has 3 heteroatoms. The minimum Gasteiger partial charge on any atom is -0.508 e. The molecule has 1 fully saturated rings. The van der Waals surface area contributed by atoms with Gasteiger partial charge in [-0.2, -0.15) is 0 Å². The Morgan fingerprint density at radius 1 is 1.25 bits per heavy atom. The molecule has 1 aliphatic heterocycles. The van der Waals surface area contributed by atoms with Crippen molar-refractivity contribution in [3.63, 3.8) is 0 Å². The molecule has 2 aliphatic rings. The number of hydrogen-bond acceptors (Lipinski definition) is 3. The molecule has 1 aliphatic carbocycles. The first-order chi connectivity index (χ1) is 7.84. The third-order valence-electron chi connectivity index (χ3n) is 3.66. The monoisotopic (exact) mass is 219 g/mol. The lowest BCUT2D eigenvalue weighted by Gasteiger charge is -2.32. The van der Waals surface area contributed by atoms with Crippen LogP contribution in [-0.4, -0.2) is 36.3 Å². The lowest BCUT2D eigenvalue weighted by molar-refractivity contribution is 0.0164. The van der Waals surface area contributed by atoms with E-state index in [2.05, 4.69) is 11.0 Å². The number of benzene rings is 1. The van der Waals surface area contributed by atoms with E-state index < -0.39 is 0 Å². The highest BCUT2D eigenvalue weighted by molar-refractivity contribution is 5.40. The Morgan fingerprint density at radius 2 is 2.06 bits per heavy atom. The zero-order valence-corrected chi connectivity index (χ0v) is 9.35. The Bertz CT molecular complexity index is 386. The minimum atomic E-state index is 0.390. The quantitative estimate of drug-likeness (QED) is 0.780. The number of aromatic hydroxyl groups is 1. The van der Waals surface area contributed by atoms with E-state index in [1.165, 1.54) is 17.5 Å². The van der Waals surface area contributed by atoms with Crippen molar-refractivity contribution in [1.29, 1.82) is 0 Å². The number of phenolic OH excluding ortho intramolecular Hbond substituents is 1. The second-order valence-electron chi connectivity index (χ2n) is 4.59. The number of hydrogen-bond donors (Lipinski definition) is 1. The predicted molar refractivity (Wildman–Crippen MR) is 61.6 cm³/mol. The first-order valence-corrected chi connectivity index (χ1v) is 5.98. The number of morpholine rings is 1. The van der Waals surface area contributed by atoms with Gasteiger partial charge in [0.1, 0.15) is 5.75 Å². The molecular formula is C13H17NO2. The van der Waals surface area contributed by atoms with Gasteiger partial charge in [0.15, 0.2) is 0 Å².